The van der Waals surface area contributed by atoms with Crippen molar-refractivity contribution in [2.75, 3.05) is 13.2 Å². The van der Waals surface area contributed by atoms with E-state index < -0.39 is 0 Å². The average molecular weight is 314 g/mol. The minimum Gasteiger partial charge on any atom is -0.493 e. The number of rotatable bonds is 7. The molecule has 0 heterocycles. The summed E-state index contributed by atoms with van der Waals surface area (Å²) in [6.07, 6.45) is 1.14. The highest BCUT2D eigenvalue weighted by Crippen LogP contribution is 2.29. The minimum absolute atomic E-state index is 0.320. The third-order valence-electron chi connectivity index (χ3n) is 2.71. The minimum atomic E-state index is 0.320. The first-order valence-electron chi connectivity index (χ1n) is 6.70. The van der Waals surface area contributed by atoms with Crippen molar-refractivity contribution < 1.29 is 4.74 Å². The van der Waals surface area contributed by atoms with Crippen LogP contribution in [0.3, 0.4) is 0 Å². The quantitative estimate of drug-likeness (QED) is 0.797. The zero-order chi connectivity index (χ0) is 13.5. The van der Waals surface area contributed by atoms with Gasteiger partial charge in [-0.15, -0.1) is 0 Å². The summed E-state index contributed by atoms with van der Waals surface area (Å²) in [5.41, 5.74) is 1.23. The van der Waals surface area contributed by atoms with Crippen molar-refractivity contribution in [3.05, 3.63) is 28.2 Å². The molecule has 1 atom stereocenters. The Labute approximate surface area is 119 Å². The third kappa shape index (κ3) is 4.99. The van der Waals surface area contributed by atoms with Crippen LogP contribution >= 0.6 is 15.9 Å². The first kappa shape index (κ1) is 15.5. The van der Waals surface area contributed by atoms with Crippen LogP contribution in [0.5, 0.6) is 5.75 Å². The van der Waals surface area contributed by atoms with Gasteiger partial charge in [-0.25, -0.2) is 0 Å². The lowest BCUT2D eigenvalue weighted by atomic mass is 10.1. The molecule has 18 heavy (non-hydrogen) atoms. The molecule has 1 rings (SSSR count). The first-order valence-corrected chi connectivity index (χ1v) is 7.49. The van der Waals surface area contributed by atoms with E-state index in [1.807, 2.05) is 0 Å². The van der Waals surface area contributed by atoms with Crippen LogP contribution in [0.15, 0.2) is 22.7 Å². The number of hydrogen-bond acceptors (Lipinski definition) is 2. The van der Waals surface area contributed by atoms with Crippen molar-refractivity contribution in [1.29, 1.82) is 0 Å². The molecule has 102 valence electrons. The third-order valence-corrected chi connectivity index (χ3v) is 3.21. The van der Waals surface area contributed by atoms with Gasteiger partial charge in [0.1, 0.15) is 5.75 Å². The van der Waals surface area contributed by atoms with Crippen LogP contribution in [0.2, 0.25) is 0 Å². The second kappa shape index (κ2) is 7.80. The molecule has 1 aromatic carbocycles. The molecule has 0 aromatic heterocycles. The average Bonchev–Trinajstić information content (AvgIpc) is 2.33. The summed E-state index contributed by atoms with van der Waals surface area (Å²) in [4.78, 5) is 0. The fourth-order valence-electron chi connectivity index (χ4n) is 1.72. The van der Waals surface area contributed by atoms with Gasteiger partial charge in [0.25, 0.3) is 0 Å². The van der Waals surface area contributed by atoms with E-state index in [-0.39, 0.29) is 0 Å². The Morgan fingerprint density at radius 3 is 2.61 bits per heavy atom. The van der Waals surface area contributed by atoms with Crippen LogP contribution < -0.4 is 10.1 Å². The first-order chi connectivity index (χ1) is 8.54. The van der Waals surface area contributed by atoms with Crippen LogP contribution in [-0.2, 0) is 0 Å². The van der Waals surface area contributed by atoms with Crippen LogP contribution in [0.1, 0.15) is 45.7 Å². The van der Waals surface area contributed by atoms with E-state index in [2.05, 4.69) is 67.1 Å². The normalized spacial score (nSPS) is 12.8. The highest BCUT2D eigenvalue weighted by atomic mass is 79.9. The molecule has 3 heteroatoms. The molecule has 0 spiro atoms. The summed E-state index contributed by atoms with van der Waals surface area (Å²) >= 11 is 3.50. The molecule has 0 aliphatic rings. The summed E-state index contributed by atoms with van der Waals surface area (Å²) in [6, 6.07) is 6.58. The van der Waals surface area contributed by atoms with Gasteiger partial charge in [-0.1, -0.05) is 42.8 Å². The molecule has 2 nitrogen and oxygen atoms in total. The van der Waals surface area contributed by atoms with Gasteiger partial charge < -0.3 is 10.1 Å². The van der Waals surface area contributed by atoms with Gasteiger partial charge in [0.05, 0.1) is 6.61 Å². The molecule has 0 aliphatic heterocycles. The van der Waals surface area contributed by atoms with Crippen LogP contribution in [0, 0.1) is 5.92 Å². The molecular weight excluding hydrogens is 290 g/mol. The van der Waals surface area contributed by atoms with Crippen molar-refractivity contribution >= 4 is 15.9 Å². The fraction of sp³-hybridized carbons (Fsp3) is 0.600. The van der Waals surface area contributed by atoms with Gasteiger partial charge in [-0.2, -0.15) is 0 Å². The van der Waals surface area contributed by atoms with Gasteiger partial charge >= 0.3 is 0 Å². The molecule has 0 saturated carbocycles. The lowest BCUT2D eigenvalue weighted by molar-refractivity contribution is 0.266. The van der Waals surface area contributed by atoms with Gasteiger partial charge in [0.15, 0.2) is 0 Å². The van der Waals surface area contributed by atoms with Crippen molar-refractivity contribution in [2.45, 2.75) is 40.2 Å². The lowest BCUT2D eigenvalue weighted by Crippen LogP contribution is -2.20. The molecule has 0 radical (unpaired) electrons. The molecule has 1 aromatic rings. The topological polar surface area (TPSA) is 21.3 Å². The number of benzene rings is 1. The Hall–Kier alpha value is -0.540. The maximum Gasteiger partial charge on any atom is 0.125 e. The zero-order valence-corrected chi connectivity index (χ0v) is 13.4. The Morgan fingerprint density at radius 1 is 1.28 bits per heavy atom. The maximum atomic E-state index is 5.91. The fourth-order valence-corrected chi connectivity index (χ4v) is 2.06. The summed E-state index contributed by atoms with van der Waals surface area (Å²) in [5, 5.41) is 3.50. The predicted molar refractivity (Wildman–Crippen MR) is 81.2 cm³/mol. The summed E-state index contributed by atoms with van der Waals surface area (Å²) < 4.78 is 6.97. The van der Waals surface area contributed by atoms with Gasteiger partial charge in [0.2, 0.25) is 0 Å². The maximum absolute atomic E-state index is 5.91. The van der Waals surface area contributed by atoms with Crippen molar-refractivity contribution in [3.8, 4) is 5.75 Å². The van der Waals surface area contributed by atoms with Crippen molar-refractivity contribution in [1.82, 2.24) is 5.32 Å². The van der Waals surface area contributed by atoms with E-state index in [0.29, 0.717) is 12.0 Å². The Bertz CT molecular complexity index is 366. The molecule has 1 N–H and O–H groups in total. The second-order valence-corrected chi connectivity index (χ2v) is 5.98. The monoisotopic (exact) mass is 313 g/mol. The number of nitrogens with one attached hydrogen (secondary N) is 1. The van der Waals surface area contributed by atoms with E-state index in [0.717, 1.165) is 29.8 Å². The SMILES string of the molecule is CCCNC(C)c1ccc(Br)cc1OCC(C)C. The van der Waals surface area contributed by atoms with E-state index in [1.165, 1.54) is 5.56 Å². The molecule has 0 saturated heterocycles. The molecule has 0 aliphatic carbocycles. The molecule has 0 fully saturated rings. The predicted octanol–water partition coefficient (Wildman–Crippen LogP) is 4.54. The van der Waals surface area contributed by atoms with Crippen LogP contribution in [0.25, 0.3) is 0 Å². The molecule has 0 amide bonds. The van der Waals surface area contributed by atoms with E-state index in [4.69, 9.17) is 4.74 Å². The molecular formula is C15H24BrNO. The Morgan fingerprint density at radius 2 is 2.00 bits per heavy atom. The van der Waals surface area contributed by atoms with Crippen LogP contribution in [-0.4, -0.2) is 13.2 Å². The summed E-state index contributed by atoms with van der Waals surface area (Å²) in [5.74, 6) is 1.52. The Kier molecular flexibility index (Phi) is 6.72. The van der Waals surface area contributed by atoms with Crippen LogP contribution in [0.4, 0.5) is 0 Å². The van der Waals surface area contributed by atoms with E-state index in [1.54, 1.807) is 0 Å². The molecule has 0 bridgehead atoms. The van der Waals surface area contributed by atoms with Crippen molar-refractivity contribution in [2.24, 2.45) is 5.92 Å². The zero-order valence-electron chi connectivity index (χ0n) is 11.8. The van der Waals surface area contributed by atoms with Gasteiger partial charge in [-0.3, -0.25) is 0 Å². The number of hydrogen-bond donors (Lipinski definition) is 1. The number of halogens is 1. The van der Waals surface area contributed by atoms with E-state index >= 15 is 0 Å². The second-order valence-electron chi connectivity index (χ2n) is 5.06. The van der Waals surface area contributed by atoms with Crippen molar-refractivity contribution in [3.63, 3.8) is 0 Å². The molecule has 1 unspecified atom stereocenters. The van der Waals surface area contributed by atoms with E-state index in [9.17, 15) is 0 Å². The van der Waals surface area contributed by atoms with Gasteiger partial charge in [-0.05, 0) is 37.9 Å². The van der Waals surface area contributed by atoms with Gasteiger partial charge in [0, 0.05) is 16.1 Å². The highest BCUT2D eigenvalue weighted by Gasteiger charge is 2.12. The smallest absolute Gasteiger partial charge is 0.125 e. The summed E-state index contributed by atoms with van der Waals surface area (Å²) in [6.45, 7) is 10.5. The largest absolute Gasteiger partial charge is 0.493 e. The Balaban J connectivity index is 2.81. The summed E-state index contributed by atoms with van der Waals surface area (Å²) in [7, 11) is 0. The number of ether oxygens (including phenoxy) is 1. The standard InChI is InChI=1S/C15H24BrNO/c1-5-8-17-12(4)14-7-6-13(16)9-15(14)18-10-11(2)3/h6-7,9,11-12,17H,5,8,10H2,1-4H3. The highest BCUT2D eigenvalue weighted by molar-refractivity contribution is 9.10. The lowest BCUT2D eigenvalue weighted by Gasteiger charge is -2.19.